The van der Waals surface area contributed by atoms with Crippen LogP contribution in [-0.4, -0.2) is 3.71 Å². The van der Waals surface area contributed by atoms with Crippen molar-refractivity contribution in [2.75, 3.05) is 0 Å². The Morgan fingerprint density at radius 2 is 1.21 bits per heavy atom. The molecule has 3 aromatic rings. The second kappa shape index (κ2) is 7.15. The Balaban J connectivity index is 1.77. The van der Waals surface area contributed by atoms with Gasteiger partial charge in [0, 0.05) is 0 Å². The topological polar surface area (TPSA) is 0 Å². The van der Waals surface area contributed by atoms with E-state index in [1.165, 1.54) is 27.8 Å². The molecule has 0 saturated heterocycles. The molecule has 0 nitrogen and oxygen atoms in total. The standard InChI is InChI=1S/2C9H7.C7H7.C2H4.ClH.Zr/c2*1-2-5-9-7-3-6-8(9)4-1;1-7-5-3-2-4-6-7;1-2;;/h2*1-7H;2-6H,1H2;1H,2H3;1H;/q;;;;;+1/p-1. The Morgan fingerprint density at radius 3 is 1.72 bits per heavy atom. The molecule has 29 heavy (non-hydrogen) atoms. The molecule has 0 aromatic heterocycles. The average molecular weight is 476 g/mol. The number of fused-ring (bicyclic) bond motifs is 2. The summed E-state index contributed by atoms with van der Waals surface area (Å²) >= 11 is -4.17. The number of benzene rings is 3. The van der Waals surface area contributed by atoms with Crippen LogP contribution in [0.2, 0.25) is 0 Å². The van der Waals surface area contributed by atoms with E-state index in [9.17, 15) is 0 Å². The molecule has 0 spiro atoms. The van der Waals surface area contributed by atoms with Gasteiger partial charge in [-0.3, -0.25) is 0 Å². The van der Waals surface area contributed by atoms with Gasteiger partial charge >= 0.3 is 179 Å². The van der Waals surface area contributed by atoms with Crippen molar-refractivity contribution in [3.63, 3.8) is 0 Å². The van der Waals surface area contributed by atoms with E-state index >= 15 is 0 Å². The maximum absolute atomic E-state index is 8.24. The molecule has 0 aliphatic heterocycles. The molecular weight excluding hydrogens is 451 g/mol. The summed E-state index contributed by atoms with van der Waals surface area (Å²) in [4.78, 5) is 0. The van der Waals surface area contributed by atoms with Gasteiger partial charge in [0.2, 0.25) is 0 Å². The fourth-order valence-electron chi connectivity index (χ4n) is 5.53. The Labute approximate surface area is 177 Å². The average Bonchev–Trinajstić information content (AvgIpc) is 3.40. The van der Waals surface area contributed by atoms with Crippen LogP contribution in [0.15, 0.2) is 91.0 Å². The van der Waals surface area contributed by atoms with Crippen molar-refractivity contribution in [3.05, 3.63) is 119 Å². The minimum absolute atomic E-state index is 0.292. The second-order valence-corrected chi connectivity index (χ2v) is 27.0. The molecule has 5 rings (SSSR count). The zero-order valence-corrected chi connectivity index (χ0v) is 19.8. The molecule has 0 radical (unpaired) electrons. The zero-order valence-electron chi connectivity index (χ0n) is 16.6. The quantitative estimate of drug-likeness (QED) is 0.369. The number of allylic oxidation sites excluding steroid dienone is 2. The summed E-state index contributed by atoms with van der Waals surface area (Å²) in [5.41, 5.74) is 6.80. The predicted molar refractivity (Wildman–Crippen MR) is 124 cm³/mol. The van der Waals surface area contributed by atoms with Crippen LogP contribution < -0.4 is 0 Å². The molecule has 0 bridgehead atoms. The van der Waals surface area contributed by atoms with Gasteiger partial charge in [-0.15, -0.1) is 0 Å². The van der Waals surface area contributed by atoms with Crippen molar-refractivity contribution in [2.45, 2.75) is 18.3 Å². The van der Waals surface area contributed by atoms with E-state index in [4.69, 9.17) is 8.51 Å². The molecule has 0 N–H and O–H groups in total. The van der Waals surface area contributed by atoms with Gasteiger partial charge in [0.1, 0.15) is 0 Å². The molecule has 2 aliphatic carbocycles. The van der Waals surface area contributed by atoms with Gasteiger partial charge in [-0.1, -0.05) is 0 Å². The summed E-state index contributed by atoms with van der Waals surface area (Å²) in [6.07, 6.45) is 9.38. The van der Waals surface area contributed by atoms with Crippen LogP contribution in [0, 0.1) is 0 Å². The van der Waals surface area contributed by atoms with E-state index in [0.717, 1.165) is 4.13 Å². The SMILES string of the molecule is C[CH]=[Zr]([Cl])([CH2]c1ccccc1)([CH]1C=Cc2ccccc21)[CH]1C=Cc2ccccc21. The summed E-state index contributed by atoms with van der Waals surface area (Å²) < 4.78 is 4.03. The number of hydrogen-bond donors (Lipinski definition) is 0. The van der Waals surface area contributed by atoms with Crippen molar-refractivity contribution >= 4 is 24.4 Å². The van der Waals surface area contributed by atoms with Crippen molar-refractivity contribution in [1.82, 2.24) is 0 Å². The molecule has 0 amide bonds. The zero-order chi connectivity index (χ0) is 19.9. The van der Waals surface area contributed by atoms with E-state index in [2.05, 4.69) is 114 Å². The van der Waals surface area contributed by atoms with Crippen molar-refractivity contribution in [1.29, 1.82) is 0 Å². The predicted octanol–water partition coefficient (Wildman–Crippen LogP) is 7.39. The van der Waals surface area contributed by atoms with Gasteiger partial charge in [-0.05, 0) is 0 Å². The van der Waals surface area contributed by atoms with Gasteiger partial charge in [-0.25, -0.2) is 0 Å². The first kappa shape index (κ1) is 19.2. The number of rotatable bonds is 4. The molecule has 2 heteroatoms. The van der Waals surface area contributed by atoms with Crippen LogP contribution in [0.1, 0.15) is 42.0 Å². The van der Waals surface area contributed by atoms with E-state index in [1.54, 1.807) is 0 Å². The summed E-state index contributed by atoms with van der Waals surface area (Å²) in [6, 6.07) is 28.4. The van der Waals surface area contributed by atoms with E-state index in [-0.39, 0.29) is 0 Å². The third kappa shape index (κ3) is 2.94. The first-order valence-electron chi connectivity index (χ1n) is 10.4. The molecule has 2 unspecified atom stereocenters. The Morgan fingerprint density at radius 1 is 0.724 bits per heavy atom. The molecular formula is C27H25ClZr. The molecule has 2 aliphatic rings. The maximum atomic E-state index is 8.24. The monoisotopic (exact) mass is 474 g/mol. The van der Waals surface area contributed by atoms with Gasteiger partial charge < -0.3 is 0 Å². The number of halogens is 1. The first-order chi connectivity index (χ1) is 14.1. The fourth-order valence-corrected chi connectivity index (χ4v) is 23.0. The Kier molecular flexibility index (Phi) is 4.73. The van der Waals surface area contributed by atoms with Crippen molar-refractivity contribution in [3.8, 4) is 0 Å². The number of hydrogen-bond acceptors (Lipinski definition) is 0. The Bertz CT molecular complexity index is 1130. The first-order valence-corrected chi connectivity index (χ1v) is 19.6. The van der Waals surface area contributed by atoms with E-state index in [0.29, 0.717) is 7.25 Å². The van der Waals surface area contributed by atoms with Crippen LogP contribution in [0.4, 0.5) is 0 Å². The summed E-state index contributed by atoms with van der Waals surface area (Å²) in [7, 11) is 8.24. The van der Waals surface area contributed by atoms with Crippen LogP contribution >= 0.6 is 8.51 Å². The van der Waals surface area contributed by atoms with E-state index < -0.39 is 17.1 Å². The van der Waals surface area contributed by atoms with Gasteiger partial charge in [0.25, 0.3) is 0 Å². The van der Waals surface area contributed by atoms with Gasteiger partial charge in [0.05, 0.1) is 0 Å². The van der Waals surface area contributed by atoms with Gasteiger partial charge in [0.15, 0.2) is 0 Å². The summed E-state index contributed by atoms with van der Waals surface area (Å²) in [6.45, 7) is 2.23. The van der Waals surface area contributed by atoms with Crippen molar-refractivity contribution < 1.29 is 17.1 Å². The second-order valence-electron chi connectivity index (χ2n) is 8.46. The van der Waals surface area contributed by atoms with Crippen LogP contribution in [-0.2, 0) is 21.2 Å². The van der Waals surface area contributed by atoms with Crippen LogP contribution in [0.3, 0.4) is 0 Å². The molecule has 0 heterocycles. The molecule has 0 saturated carbocycles. The minimum atomic E-state index is -4.17. The Hall–Kier alpha value is -1.82. The van der Waals surface area contributed by atoms with Gasteiger partial charge in [-0.2, -0.15) is 0 Å². The fraction of sp³-hybridized carbons (Fsp3) is 0.148. The van der Waals surface area contributed by atoms with Crippen LogP contribution in [0.25, 0.3) is 12.2 Å². The van der Waals surface area contributed by atoms with Crippen LogP contribution in [0.5, 0.6) is 0 Å². The summed E-state index contributed by atoms with van der Waals surface area (Å²) in [5.74, 6) is 0. The third-order valence-corrected chi connectivity index (χ3v) is 27.3. The molecule has 3 aromatic carbocycles. The third-order valence-electron chi connectivity index (χ3n) is 7.06. The van der Waals surface area contributed by atoms with Crippen molar-refractivity contribution in [2.24, 2.45) is 0 Å². The summed E-state index contributed by atoms with van der Waals surface area (Å²) in [5, 5.41) is 0. The molecule has 0 fully saturated rings. The molecule has 2 atom stereocenters. The van der Waals surface area contributed by atoms with E-state index in [1.807, 2.05) is 0 Å². The normalized spacial score (nSPS) is 19.8. The molecule has 144 valence electrons.